The number of rotatable bonds is 6. The first kappa shape index (κ1) is 38.2. The Kier molecular flexibility index (Phi) is 20.3. The van der Waals surface area contributed by atoms with Gasteiger partial charge in [-0.05, 0) is 65.3 Å². The normalized spacial score (nSPS) is 13.5. The number of esters is 1. The summed E-state index contributed by atoms with van der Waals surface area (Å²) < 4.78 is 5.74. The molecule has 8 atom stereocenters. The van der Waals surface area contributed by atoms with Gasteiger partial charge in [-0.15, -0.1) is 68.9 Å². The summed E-state index contributed by atoms with van der Waals surface area (Å²) in [5.41, 5.74) is 8.30. The molecule has 5 nitrogen and oxygen atoms in total. The largest absolute Gasteiger partial charge is 0.469 e. The summed E-state index contributed by atoms with van der Waals surface area (Å²) in [5, 5.41) is 0. The predicted octanol–water partition coefficient (Wildman–Crippen LogP) is 10.4. The van der Waals surface area contributed by atoms with E-state index < -0.39 is 0 Å². The number of carbonyl (C=O) groups excluding carboxylic acids is 1. The van der Waals surface area contributed by atoms with Crippen LogP contribution in [0.2, 0.25) is 0 Å². The molecule has 1 saturated heterocycles. The minimum atomic E-state index is -0.110. The molecule has 0 bridgehead atoms. The molecule has 0 aromatic heterocycles. The van der Waals surface area contributed by atoms with Crippen molar-refractivity contribution in [2.45, 2.75) is 0 Å². The van der Waals surface area contributed by atoms with Crippen molar-refractivity contribution in [3.8, 4) is 12.3 Å². The zero-order chi connectivity index (χ0) is 29.0. The van der Waals surface area contributed by atoms with Crippen molar-refractivity contribution in [3.05, 3.63) is 63.9 Å². The number of hydrogen-bond donors (Lipinski definition) is 1. The molecule has 1 aliphatic rings. The van der Waals surface area contributed by atoms with Gasteiger partial charge in [0.15, 0.2) is 5.69 Å². The van der Waals surface area contributed by atoms with Gasteiger partial charge < -0.3 is 15.4 Å². The Labute approximate surface area is 257 Å². The van der Waals surface area contributed by atoms with E-state index in [0.29, 0.717) is 16.9 Å². The highest BCUT2D eigenvalue weighted by molar-refractivity contribution is 9.21. The van der Waals surface area contributed by atoms with Gasteiger partial charge in [0.25, 0.3) is 0 Å². The van der Waals surface area contributed by atoms with Crippen LogP contribution in [0.3, 0.4) is 0 Å². The molecule has 0 radical (unpaired) electrons. The third-order valence-corrected chi connectivity index (χ3v) is 71.9. The molecule has 0 aliphatic carbocycles. The first-order valence-corrected chi connectivity index (χ1v) is 32.1. The van der Waals surface area contributed by atoms with E-state index in [1.165, 1.54) is 7.11 Å². The van der Waals surface area contributed by atoms with E-state index in [2.05, 4.69) is 98.8 Å². The maximum absolute atomic E-state index is 11.2. The molecule has 0 saturated carbocycles. The minimum Gasteiger partial charge on any atom is -0.469 e. The number of nitrogens with zero attached hydrogens (tertiary/aromatic N) is 2. The standard InChI is InChI=1S/C11H12BrNO2.C9H6N2.H14P12/c1-15-11(14)8-6-13(7-8)10-4-2-3-9(12)5-10;1-3-7-6-8(11-2)4-5-9(7)10;1-8(2)11(7)12(9(3)4)10(5)6/h2-5,8H,6-7H2,1H3;1,4-6H,10H2;1-7H2. The van der Waals surface area contributed by atoms with Crippen LogP contribution in [0, 0.1) is 24.8 Å². The lowest BCUT2D eigenvalue weighted by molar-refractivity contribution is -0.146. The Balaban J connectivity index is 0.000000290. The van der Waals surface area contributed by atoms with Gasteiger partial charge in [-0.3, -0.25) is 4.79 Å². The second kappa shape index (κ2) is 20.2. The van der Waals surface area contributed by atoms with E-state index in [0.717, 1.165) is 23.2 Å². The van der Waals surface area contributed by atoms with Gasteiger partial charge in [0.05, 0.1) is 19.6 Å². The Bertz CT molecular complexity index is 1130. The van der Waals surface area contributed by atoms with Crippen LogP contribution >= 0.6 is 113 Å². The Morgan fingerprint density at radius 3 is 2.13 bits per heavy atom. The van der Waals surface area contributed by atoms with Crippen molar-refractivity contribution in [3.63, 3.8) is 0 Å². The molecule has 0 amide bonds. The summed E-state index contributed by atoms with van der Waals surface area (Å²) in [6, 6.07) is 13.0. The van der Waals surface area contributed by atoms with Gasteiger partial charge in [-0.25, -0.2) is 4.85 Å². The van der Waals surface area contributed by atoms with Crippen molar-refractivity contribution in [2.24, 2.45) is 5.92 Å². The Morgan fingerprint density at radius 2 is 1.71 bits per heavy atom. The second-order valence-corrected chi connectivity index (χ2v) is 53.2. The monoisotopic (exact) mass is 797 g/mol. The highest BCUT2D eigenvalue weighted by Crippen LogP contribution is 3.16. The van der Waals surface area contributed by atoms with Crippen molar-refractivity contribution >= 4 is 136 Å². The molecule has 1 heterocycles. The van der Waals surface area contributed by atoms with E-state index in [1.807, 2.05) is 24.3 Å². The van der Waals surface area contributed by atoms with Crippen molar-refractivity contribution in [1.82, 2.24) is 0 Å². The van der Waals surface area contributed by atoms with Crippen molar-refractivity contribution in [1.29, 1.82) is 0 Å². The Morgan fingerprint density at radius 1 is 1.11 bits per heavy atom. The summed E-state index contributed by atoms with van der Waals surface area (Å²) in [5.74, 6) is 2.33. The lowest BCUT2D eigenvalue weighted by Gasteiger charge is -2.39. The first-order chi connectivity index (χ1) is 17.9. The molecule has 1 aliphatic heterocycles. The third kappa shape index (κ3) is 13.2. The number of nitrogen functional groups attached to an aromatic ring is 1. The zero-order valence-electron chi connectivity index (χ0n) is 20.6. The molecular weight excluding hydrogens is 766 g/mol. The topological polar surface area (TPSA) is 59.9 Å². The quantitative estimate of drug-likeness (QED) is 0.104. The van der Waals surface area contributed by atoms with E-state index in [9.17, 15) is 4.79 Å². The van der Waals surface area contributed by atoms with Crippen LogP contribution in [0.5, 0.6) is 0 Å². The fourth-order valence-corrected chi connectivity index (χ4v) is 106. The van der Waals surface area contributed by atoms with E-state index >= 15 is 0 Å². The second-order valence-electron chi connectivity index (χ2n) is 7.36. The number of nitrogens with two attached hydrogens (primary N) is 1. The average molecular weight is 798 g/mol. The van der Waals surface area contributed by atoms with Crippen LogP contribution in [0.4, 0.5) is 17.1 Å². The van der Waals surface area contributed by atoms with Gasteiger partial charge in [-0.1, -0.05) is 34.0 Å². The van der Waals surface area contributed by atoms with Crippen LogP contribution in [0.15, 0.2) is 46.9 Å². The summed E-state index contributed by atoms with van der Waals surface area (Å²) in [6.45, 7) is 8.91. The smallest absolute Gasteiger partial charge is 0.312 e. The predicted molar refractivity (Wildman–Crippen MR) is 209 cm³/mol. The fraction of sp³-hybridized carbons (Fsp3) is 0.200. The summed E-state index contributed by atoms with van der Waals surface area (Å²) in [6.07, 6.45) is 5.14. The number of carbonyl (C=O) groups is 1. The molecule has 2 aromatic carbocycles. The molecule has 2 N–H and O–H groups in total. The molecule has 3 rings (SSSR count). The third-order valence-electron chi connectivity index (χ3n) is 4.74. The molecule has 38 heavy (non-hydrogen) atoms. The van der Waals surface area contributed by atoms with Crippen LogP contribution < -0.4 is 10.6 Å². The molecule has 2 aromatic rings. The summed E-state index contributed by atoms with van der Waals surface area (Å²) in [7, 11) is 22.4. The van der Waals surface area contributed by atoms with E-state index in [4.69, 9.17) is 18.7 Å². The number of hydrogen-bond acceptors (Lipinski definition) is 4. The molecule has 1 fully saturated rings. The first-order valence-electron chi connectivity index (χ1n) is 10.4. The number of terminal acetylenes is 1. The summed E-state index contributed by atoms with van der Waals surface area (Å²) >= 11 is 3.42. The number of ether oxygens (including phenoxy) is 1. The number of methoxy groups -OCH3 is 1. The molecule has 0 spiro atoms. The average Bonchev–Trinajstić information content (AvgIpc) is 2.83. The number of halogens is 1. The lowest BCUT2D eigenvalue weighted by Crippen LogP contribution is -2.50. The lowest BCUT2D eigenvalue weighted by atomic mass is 9.99. The van der Waals surface area contributed by atoms with Gasteiger partial charge in [0.2, 0.25) is 0 Å². The highest BCUT2D eigenvalue weighted by atomic mass is 79.9. The zero-order valence-corrected chi connectivity index (χ0v) is 34.7. The van der Waals surface area contributed by atoms with Gasteiger partial charge >= 0.3 is 5.97 Å². The number of benzene rings is 2. The van der Waals surface area contributed by atoms with E-state index in [1.54, 1.807) is 18.2 Å². The minimum absolute atomic E-state index is 0.0361. The maximum Gasteiger partial charge on any atom is 0.312 e. The van der Waals surface area contributed by atoms with Crippen LogP contribution in [-0.4, -0.2) is 26.2 Å². The van der Waals surface area contributed by atoms with Crippen molar-refractivity contribution < 1.29 is 9.53 Å². The van der Waals surface area contributed by atoms with Gasteiger partial charge in [0.1, 0.15) is 0 Å². The van der Waals surface area contributed by atoms with Crippen molar-refractivity contribution in [2.75, 3.05) is 30.8 Å². The van der Waals surface area contributed by atoms with Crippen LogP contribution in [0.25, 0.3) is 4.85 Å². The maximum atomic E-state index is 11.2. The van der Waals surface area contributed by atoms with Crippen LogP contribution in [-0.2, 0) is 9.53 Å². The molecule has 206 valence electrons. The van der Waals surface area contributed by atoms with Crippen LogP contribution in [0.1, 0.15) is 5.56 Å². The molecule has 8 unspecified atom stereocenters. The van der Waals surface area contributed by atoms with Gasteiger partial charge in [-0.2, -0.15) is 0 Å². The molecular formula is C20H32BrN3O2P12. The van der Waals surface area contributed by atoms with E-state index in [-0.39, 0.29) is 46.8 Å². The SMILES string of the molecule is COC(=O)C1CN(c2cccc(Br)c2)C1.PP(P)P(P)P(P(P)P)P(P)P.[C-]#[N+]c1ccc(N)c(C#C)c1. The molecule has 18 heteroatoms. The number of anilines is 2. The highest BCUT2D eigenvalue weighted by Gasteiger charge is 2.33. The summed E-state index contributed by atoms with van der Waals surface area (Å²) in [4.78, 5) is 16.6. The van der Waals surface area contributed by atoms with Gasteiger partial charge in [0, 0.05) is 34.5 Å². The fourth-order valence-electron chi connectivity index (χ4n) is 2.84. The Hall–Kier alpha value is 2.20.